The summed E-state index contributed by atoms with van der Waals surface area (Å²) >= 11 is 15.3. The van der Waals surface area contributed by atoms with Crippen molar-refractivity contribution in [3.05, 3.63) is 48.8 Å². The van der Waals surface area contributed by atoms with Crippen LogP contribution in [0.3, 0.4) is 0 Å². The standard InChI is InChI=1S/C13H13BrCl2N2O/c1-13(2,3)11-10(14)12(19)18(17-11)9-5-4-7(15)6-8(9)16/h4-6,17H,1-3H3. The number of aromatic amines is 1. The molecule has 1 N–H and O–H groups in total. The number of aromatic nitrogens is 2. The van der Waals surface area contributed by atoms with Crippen molar-refractivity contribution >= 4 is 39.1 Å². The average Bonchev–Trinajstić information content (AvgIpc) is 2.56. The van der Waals surface area contributed by atoms with Crippen molar-refractivity contribution in [2.45, 2.75) is 26.2 Å². The number of benzene rings is 1. The van der Waals surface area contributed by atoms with E-state index in [4.69, 9.17) is 23.2 Å². The fourth-order valence-electron chi connectivity index (χ4n) is 1.75. The Morgan fingerprint density at radius 1 is 1.26 bits per heavy atom. The first kappa shape index (κ1) is 14.7. The van der Waals surface area contributed by atoms with E-state index < -0.39 is 0 Å². The number of nitrogens with one attached hydrogen (secondary N) is 1. The van der Waals surface area contributed by atoms with E-state index in [2.05, 4.69) is 21.0 Å². The molecular weight excluding hydrogens is 351 g/mol. The predicted molar refractivity (Wildman–Crippen MR) is 82.8 cm³/mol. The Kier molecular flexibility index (Phi) is 3.87. The lowest BCUT2D eigenvalue weighted by Crippen LogP contribution is -2.15. The van der Waals surface area contributed by atoms with Crippen molar-refractivity contribution < 1.29 is 0 Å². The Morgan fingerprint density at radius 2 is 1.89 bits per heavy atom. The SMILES string of the molecule is CC(C)(C)c1[nH]n(-c2ccc(Cl)cc2Cl)c(=O)c1Br. The fourth-order valence-corrected chi connectivity index (χ4v) is 3.10. The van der Waals surface area contributed by atoms with Gasteiger partial charge < -0.3 is 0 Å². The van der Waals surface area contributed by atoms with E-state index in [-0.39, 0.29) is 11.0 Å². The van der Waals surface area contributed by atoms with Gasteiger partial charge in [-0.3, -0.25) is 9.89 Å². The topological polar surface area (TPSA) is 37.8 Å². The minimum atomic E-state index is -0.178. The summed E-state index contributed by atoms with van der Waals surface area (Å²) in [4.78, 5) is 12.3. The fraction of sp³-hybridized carbons (Fsp3) is 0.308. The zero-order valence-electron chi connectivity index (χ0n) is 10.7. The van der Waals surface area contributed by atoms with E-state index in [1.165, 1.54) is 4.68 Å². The molecule has 0 radical (unpaired) electrons. The molecule has 0 aliphatic heterocycles. The van der Waals surface area contributed by atoms with Gasteiger partial charge in [0.1, 0.15) is 4.47 Å². The molecule has 0 saturated heterocycles. The highest BCUT2D eigenvalue weighted by atomic mass is 79.9. The average molecular weight is 364 g/mol. The van der Waals surface area contributed by atoms with Crippen LogP contribution in [0.2, 0.25) is 10.0 Å². The summed E-state index contributed by atoms with van der Waals surface area (Å²) in [6, 6.07) is 5.01. The Labute approximate surface area is 129 Å². The number of nitrogens with zero attached hydrogens (tertiary/aromatic N) is 1. The van der Waals surface area contributed by atoms with Crippen molar-refractivity contribution in [3.8, 4) is 5.69 Å². The Hall–Kier alpha value is -0.710. The highest BCUT2D eigenvalue weighted by Gasteiger charge is 2.24. The van der Waals surface area contributed by atoms with Crippen LogP contribution in [-0.4, -0.2) is 9.78 Å². The van der Waals surface area contributed by atoms with Crippen LogP contribution in [0, 0.1) is 0 Å². The summed E-state index contributed by atoms with van der Waals surface area (Å²) in [5.74, 6) is 0. The molecule has 0 spiro atoms. The number of H-pyrrole nitrogens is 1. The predicted octanol–water partition coefficient (Wildman–Crippen LogP) is 4.53. The monoisotopic (exact) mass is 362 g/mol. The first-order valence-corrected chi connectivity index (χ1v) is 7.23. The first-order chi connectivity index (χ1) is 8.71. The normalized spacial score (nSPS) is 11.9. The molecule has 1 aromatic carbocycles. The Balaban J connectivity index is 2.68. The van der Waals surface area contributed by atoms with Crippen LogP contribution in [0.1, 0.15) is 26.5 Å². The number of halogens is 3. The van der Waals surface area contributed by atoms with Crippen LogP contribution in [0.15, 0.2) is 27.5 Å². The van der Waals surface area contributed by atoms with Crippen LogP contribution in [0.4, 0.5) is 0 Å². The summed E-state index contributed by atoms with van der Waals surface area (Å²) < 4.78 is 1.94. The van der Waals surface area contributed by atoms with Crippen LogP contribution >= 0.6 is 39.1 Å². The molecule has 0 fully saturated rings. The quantitative estimate of drug-likeness (QED) is 0.793. The van der Waals surface area contributed by atoms with Crippen molar-refractivity contribution in [1.29, 1.82) is 0 Å². The maximum atomic E-state index is 12.3. The lowest BCUT2D eigenvalue weighted by Gasteiger charge is -2.16. The second kappa shape index (κ2) is 5.00. The first-order valence-electron chi connectivity index (χ1n) is 5.68. The van der Waals surface area contributed by atoms with Gasteiger partial charge >= 0.3 is 0 Å². The number of hydrogen-bond acceptors (Lipinski definition) is 1. The van der Waals surface area contributed by atoms with Crippen molar-refractivity contribution in [2.75, 3.05) is 0 Å². The third-order valence-corrected chi connectivity index (χ3v) is 4.01. The maximum absolute atomic E-state index is 12.3. The van der Waals surface area contributed by atoms with Gasteiger partial charge in [-0.2, -0.15) is 0 Å². The molecule has 19 heavy (non-hydrogen) atoms. The molecule has 0 aliphatic rings. The molecule has 1 aromatic heterocycles. The molecule has 0 unspecified atom stereocenters. The largest absolute Gasteiger partial charge is 0.293 e. The third kappa shape index (κ3) is 2.76. The Morgan fingerprint density at radius 3 is 2.37 bits per heavy atom. The molecule has 0 bridgehead atoms. The molecule has 3 nitrogen and oxygen atoms in total. The van der Waals surface area contributed by atoms with Crippen LogP contribution in [0.5, 0.6) is 0 Å². The van der Waals surface area contributed by atoms with Crippen molar-refractivity contribution in [1.82, 2.24) is 9.78 Å². The molecule has 0 amide bonds. The molecule has 0 atom stereocenters. The number of hydrogen-bond donors (Lipinski definition) is 1. The van der Waals surface area contributed by atoms with Gasteiger partial charge in [0.25, 0.3) is 5.56 Å². The highest BCUT2D eigenvalue weighted by molar-refractivity contribution is 9.10. The molecule has 0 saturated carbocycles. The smallest absolute Gasteiger partial charge is 0.285 e. The van der Waals surface area contributed by atoms with Gasteiger partial charge in [-0.15, -0.1) is 0 Å². The molecule has 2 rings (SSSR count). The highest BCUT2D eigenvalue weighted by Crippen LogP contribution is 2.28. The van der Waals surface area contributed by atoms with E-state index in [9.17, 15) is 4.79 Å². The second-order valence-electron chi connectivity index (χ2n) is 5.29. The second-order valence-corrected chi connectivity index (χ2v) is 6.92. The van der Waals surface area contributed by atoms with Gasteiger partial charge in [-0.1, -0.05) is 44.0 Å². The van der Waals surface area contributed by atoms with Gasteiger partial charge in [-0.05, 0) is 34.1 Å². The third-order valence-electron chi connectivity index (χ3n) is 2.73. The van der Waals surface area contributed by atoms with Crippen molar-refractivity contribution in [2.24, 2.45) is 0 Å². The molecular formula is C13H13BrCl2N2O. The minimum absolute atomic E-state index is 0.172. The molecule has 2 aromatic rings. The van der Waals surface area contributed by atoms with Gasteiger partial charge in [0.05, 0.1) is 16.4 Å². The number of rotatable bonds is 1. The van der Waals surface area contributed by atoms with E-state index in [1.807, 2.05) is 20.8 Å². The van der Waals surface area contributed by atoms with Crippen LogP contribution in [-0.2, 0) is 5.41 Å². The van der Waals surface area contributed by atoms with E-state index in [0.717, 1.165) is 5.69 Å². The van der Waals surface area contributed by atoms with E-state index >= 15 is 0 Å². The summed E-state index contributed by atoms with van der Waals surface area (Å²) in [5, 5.41) is 4.05. The van der Waals surface area contributed by atoms with Gasteiger partial charge in [0, 0.05) is 10.4 Å². The van der Waals surface area contributed by atoms with Gasteiger partial charge in [0.2, 0.25) is 0 Å². The van der Waals surface area contributed by atoms with Crippen molar-refractivity contribution in [3.63, 3.8) is 0 Å². The van der Waals surface area contributed by atoms with Gasteiger partial charge in [0.15, 0.2) is 0 Å². The summed E-state index contributed by atoms with van der Waals surface area (Å²) in [6.07, 6.45) is 0. The van der Waals surface area contributed by atoms with Crippen LogP contribution in [0.25, 0.3) is 5.69 Å². The molecule has 1 heterocycles. The molecule has 6 heteroatoms. The maximum Gasteiger partial charge on any atom is 0.285 e. The zero-order valence-corrected chi connectivity index (χ0v) is 13.8. The minimum Gasteiger partial charge on any atom is -0.293 e. The Bertz CT molecular complexity index is 683. The lowest BCUT2D eigenvalue weighted by molar-refractivity contribution is 0.557. The zero-order chi connectivity index (χ0) is 14.4. The molecule has 0 aliphatic carbocycles. The van der Waals surface area contributed by atoms with Gasteiger partial charge in [-0.25, -0.2) is 4.68 Å². The summed E-state index contributed by atoms with van der Waals surface area (Å²) in [6.45, 7) is 6.07. The van der Waals surface area contributed by atoms with E-state index in [0.29, 0.717) is 20.2 Å². The molecule has 102 valence electrons. The lowest BCUT2D eigenvalue weighted by atomic mass is 9.93. The summed E-state index contributed by atoms with van der Waals surface area (Å²) in [5.41, 5.74) is 1.05. The van der Waals surface area contributed by atoms with E-state index in [1.54, 1.807) is 18.2 Å². The summed E-state index contributed by atoms with van der Waals surface area (Å²) in [7, 11) is 0. The van der Waals surface area contributed by atoms with Crippen LogP contribution < -0.4 is 5.56 Å².